The second kappa shape index (κ2) is 18.1. The minimum atomic E-state index is -1.61. The Labute approximate surface area is 213 Å². The maximum Gasteiger partial charge on any atom is 0.475 e. The molecule has 14 heteroatoms. The average molecular weight is 515 g/mol. The van der Waals surface area contributed by atoms with Gasteiger partial charge in [-0.1, -0.05) is 12.8 Å². The molecule has 7 N–H and O–H groups in total. The lowest BCUT2D eigenvalue weighted by Gasteiger charge is -2.27. The highest BCUT2D eigenvalue weighted by molar-refractivity contribution is 6.43. The van der Waals surface area contributed by atoms with Crippen molar-refractivity contribution in [3.63, 3.8) is 0 Å². The number of nitrogens with zero attached hydrogens (tertiary/aromatic N) is 1. The third kappa shape index (κ3) is 13.2. The van der Waals surface area contributed by atoms with Crippen LogP contribution in [0.15, 0.2) is 0 Å². The number of nitrogens with one attached hydrogen (secondary N) is 3. The molecule has 0 bridgehead atoms. The molecule has 0 radical (unpaired) electrons. The van der Waals surface area contributed by atoms with E-state index in [1.54, 1.807) is 0 Å². The Kier molecular flexibility index (Phi) is 15.9. The lowest BCUT2D eigenvalue weighted by atomic mass is 9.78. The predicted molar refractivity (Wildman–Crippen MR) is 132 cm³/mol. The molecular formula is C22H42BN5O8. The number of ether oxygens (including phenoxy) is 2. The van der Waals surface area contributed by atoms with Gasteiger partial charge in [-0.3, -0.25) is 19.2 Å². The van der Waals surface area contributed by atoms with Crippen molar-refractivity contribution in [3.05, 3.63) is 0 Å². The molecule has 1 aliphatic rings. The zero-order valence-corrected chi connectivity index (χ0v) is 21.4. The SMILES string of the molecule is CC(=O)NCCCCC[C@H](N)C(=O)NCCOCCOCC(=O)N[C@H](C)C(=O)N1CCCC1B(O)O. The van der Waals surface area contributed by atoms with Gasteiger partial charge in [-0.2, -0.15) is 0 Å². The van der Waals surface area contributed by atoms with Crippen molar-refractivity contribution in [2.24, 2.45) is 5.73 Å². The molecule has 13 nitrogen and oxygen atoms in total. The molecule has 1 saturated heterocycles. The van der Waals surface area contributed by atoms with Gasteiger partial charge in [0.15, 0.2) is 0 Å². The highest BCUT2D eigenvalue weighted by atomic mass is 16.5. The van der Waals surface area contributed by atoms with Crippen molar-refractivity contribution < 1.29 is 38.7 Å². The van der Waals surface area contributed by atoms with Gasteiger partial charge in [0, 0.05) is 26.6 Å². The molecule has 1 rings (SSSR count). The zero-order chi connectivity index (χ0) is 26.9. The van der Waals surface area contributed by atoms with Crippen LogP contribution in [0.1, 0.15) is 52.4 Å². The van der Waals surface area contributed by atoms with Crippen LogP contribution in [0.4, 0.5) is 0 Å². The molecule has 206 valence electrons. The van der Waals surface area contributed by atoms with E-state index in [1.165, 1.54) is 18.7 Å². The summed E-state index contributed by atoms with van der Waals surface area (Å²) in [7, 11) is -1.61. The topological polar surface area (TPSA) is 193 Å². The standard InChI is InChI=1S/C22H42BN5O8/c1-16(22(32)28-11-6-8-19(28)23(33)34)27-20(30)15-36-14-13-35-12-10-26-21(31)18(24)7-4-3-5-9-25-17(2)29/h16,18-19,33-34H,3-15,24H2,1-2H3,(H,25,29)(H,26,31)(H,27,30)/t16-,18+,19?/m1/s1. The van der Waals surface area contributed by atoms with Crippen LogP contribution in [-0.4, -0.2) is 110 Å². The normalized spacial score (nSPS) is 16.8. The molecular weight excluding hydrogens is 473 g/mol. The maximum atomic E-state index is 12.5. The first-order valence-electron chi connectivity index (χ1n) is 12.5. The molecule has 0 saturated carbocycles. The molecule has 36 heavy (non-hydrogen) atoms. The average Bonchev–Trinajstić information content (AvgIpc) is 3.32. The van der Waals surface area contributed by atoms with Crippen LogP contribution in [0.2, 0.25) is 0 Å². The third-order valence-corrected chi connectivity index (χ3v) is 5.73. The van der Waals surface area contributed by atoms with E-state index in [1.807, 2.05) is 0 Å². The molecule has 4 amide bonds. The van der Waals surface area contributed by atoms with Gasteiger partial charge in [0.05, 0.1) is 31.8 Å². The van der Waals surface area contributed by atoms with Crippen LogP contribution in [0, 0.1) is 0 Å². The van der Waals surface area contributed by atoms with Gasteiger partial charge >= 0.3 is 7.12 Å². The summed E-state index contributed by atoms with van der Waals surface area (Å²) in [6.07, 6.45) is 4.27. The summed E-state index contributed by atoms with van der Waals surface area (Å²) >= 11 is 0. The van der Waals surface area contributed by atoms with E-state index >= 15 is 0 Å². The summed E-state index contributed by atoms with van der Waals surface area (Å²) in [5.41, 5.74) is 5.87. The molecule has 3 atom stereocenters. The predicted octanol–water partition coefficient (Wildman–Crippen LogP) is -2.33. The molecule has 1 aliphatic heterocycles. The Balaban J connectivity index is 2.03. The third-order valence-electron chi connectivity index (χ3n) is 5.73. The van der Waals surface area contributed by atoms with Crippen LogP contribution in [-0.2, 0) is 28.7 Å². The second-order valence-corrected chi connectivity index (χ2v) is 8.84. The molecule has 0 aliphatic carbocycles. The van der Waals surface area contributed by atoms with E-state index in [0.29, 0.717) is 38.9 Å². The number of carbonyl (C=O) groups excluding carboxylic acids is 4. The fourth-order valence-corrected chi connectivity index (χ4v) is 3.79. The number of carbonyl (C=O) groups is 4. The monoisotopic (exact) mass is 515 g/mol. The number of amides is 4. The Morgan fingerprint density at radius 1 is 1.06 bits per heavy atom. The molecule has 1 unspecified atom stereocenters. The fourth-order valence-electron chi connectivity index (χ4n) is 3.79. The van der Waals surface area contributed by atoms with Crippen molar-refractivity contribution in [1.29, 1.82) is 0 Å². The quantitative estimate of drug-likeness (QED) is 0.0858. The molecule has 1 fully saturated rings. The minimum absolute atomic E-state index is 0.0537. The summed E-state index contributed by atoms with van der Waals surface area (Å²) in [6.45, 7) is 4.76. The lowest BCUT2D eigenvalue weighted by Crippen LogP contribution is -2.53. The van der Waals surface area contributed by atoms with Crippen molar-refractivity contribution in [1.82, 2.24) is 20.9 Å². The number of rotatable bonds is 18. The Morgan fingerprint density at radius 2 is 1.78 bits per heavy atom. The van der Waals surface area contributed by atoms with Gasteiger partial charge in [-0.15, -0.1) is 0 Å². The first kappa shape index (κ1) is 31.8. The zero-order valence-electron chi connectivity index (χ0n) is 21.4. The van der Waals surface area contributed by atoms with E-state index in [0.717, 1.165) is 19.3 Å². The maximum absolute atomic E-state index is 12.5. The lowest BCUT2D eigenvalue weighted by molar-refractivity contribution is -0.137. The van der Waals surface area contributed by atoms with Crippen LogP contribution in [0.5, 0.6) is 0 Å². The highest BCUT2D eigenvalue weighted by Crippen LogP contribution is 2.19. The number of hydrogen-bond donors (Lipinski definition) is 6. The largest absolute Gasteiger partial charge is 0.475 e. The number of hydrogen-bond acceptors (Lipinski definition) is 9. The van der Waals surface area contributed by atoms with Crippen molar-refractivity contribution in [2.75, 3.05) is 46.1 Å². The summed E-state index contributed by atoms with van der Waals surface area (Å²) in [4.78, 5) is 48.6. The van der Waals surface area contributed by atoms with Gasteiger partial charge in [0.1, 0.15) is 12.6 Å². The number of nitrogens with two attached hydrogens (primary N) is 1. The first-order chi connectivity index (χ1) is 17.1. The molecule has 1 heterocycles. The number of likely N-dealkylation sites (tertiary alicyclic amines) is 1. The van der Waals surface area contributed by atoms with Crippen LogP contribution < -0.4 is 21.7 Å². The summed E-state index contributed by atoms with van der Waals surface area (Å²) in [5.74, 6) is -1.79. The fraction of sp³-hybridized carbons (Fsp3) is 0.818. The van der Waals surface area contributed by atoms with Gasteiger partial charge in [0.2, 0.25) is 23.6 Å². The smallest absolute Gasteiger partial charge is 0.426 e. The highest BCUT2D eigenvalue weighted by Gasteiger charge is 2.38. The van der Waals surface area contributed by atoms with E-state index < -0.39 is 31.1 Å². The van der Waals surface area contributed by atoms with Crippen LogP contribution in [0.25, 0.3) is 0 Å². The van der Waals surface area contributed by atoms with E-state index in [-0.39, 0.29) is 44.1 Å². The van der Waals surface area contributed by atoms with Crippen molar-refractivity contribution in [2.45, 2.75) is 70.4 Å². The minimum Gasteiger partial charge on any atom is -0.426 e. The number of unbranched alkanes of at least 4 members (excludes halogenated alkanes) is 2. The molecule has 0 aromatic rings. The molecule has 0 spiro atoms. The molecule has 0 aromatic heterocycles. The van der Waals surface area contributed by atoms with Gasteiger partial charge in [-0.25, -0.2) is 0 Å². The summed E-state index contributed by atoms with van der Waals surface area (Å²) in [5, 5.41) is 26.7. The summed E-state index contributed by atoms with van der Waals surface area (Å²) < 4.78 is 10.6. The first-order valence-corrected chi connectivity index (χ1v) is 12.5. The van der Waals surface area contributed by atoms with Crippen molar-refractivity contribution >= 4 is 30.7 Å². The van der Waals surface area contributed by atoms with Gasteiger partial charge in [0.25, 0.3) is 0 Å². The van der Waals surface area contributed by atoms with E-state index in [2.05, 4.69) is 16.0 Å². The molecule has 0 aromatic carbocycles. The van der Waals surface area contributed by atoms with Gasteiger partial charge < -0.3 is 46.1 Å². The van der Waals surface area contributed by atoms with Crippen LogP contribution in [0.3, 0.4) is 0 Å². The van der Waals surface area contributed by atoms with Gasteiger partial charge in [-0.05, 0) is 32.6 Å². The van der Waals surface area contributed by atoms with Crippen molar-refractivity contribution in [3.8, 4) is 0 Å². The Bertz CT molecular complexity index is 699. The summed E-state index contributed by atoms with van der Waals surface area (Å²) in [6, 6.07) is -1.40. The van der Waals surface area contributed by atoms with Crippen LogP contribution >= 0.6 is 0 Å². The Hall–Kier alpha value is -2.26. The second-order valence-electron chi connectivity index (χ2n) is 8.84. The Morgan fingerprint density at radius 3 is 2.47 bits per heavy atom. The van der Waals surface area contributed by atoms with E-state index in [4.69, 9.17) is 15.2 Å². The van der Waals surface area contributed by atoms with E-state index in [9.17, 15) is 29.2 Å².